The molecular weight excluding hydrogens is 455 g/mol. The molecule has 33 heavy (non-hydrogen) atoms. The summed E-state index contributed by atoms with van der Waals surface area (Å²) in [5, 5.41) is 20.4. The van der Waals surface area contributed by atoms with Gasteiger partial charge in [0.25, 0.3) is 5.92 Å². The number of carbonyl (C=O) groups excluding carboxylic acids is 1. The van der Waals surface area contributed by atoms with E-state index in [0.29, 0.717) is 21.8 Å². The van der Waals surface area contributed by atoms with Gasteiger partial charge < -0.3 is 10.0 Å². The molecule has 1 unspecified atom stereocenters. The number of nitrogens with zero attached hydrogens (tertiary/aromatic N) is 4. The third-order valence-corrected chi connectivity index (χ3v) is 6.15. The molecule has 7 nitrogen and oxygen atoms in total. The molecule has 2 N–H and O–H groups in total. The largest absolute Gasteiger partial charge is 0.394 e. The molecule has 0 saturated heterocycles. The summed E-state index contributed by atoms with van der Waals surface area (Å²) >= 11 is 1.03. The van der Waals surface area contributed by atoms with E-state index in [9.17, 15) is 23.1 Å². The SMILES string of the molecule is C#Cc1nnc(NC(=O)N(C)[C@@H](CO)c2ccc(-c3ccc(F)cc3C3CC3(F)F)cn2)s1. The number of anilines is 1. The summed E-state index contributed by atoms with van der Waals surface area (Å²) in [6, 6.07) is 5.66. The van der Waals surface area contributed by atoms with Gasteiger partial charge in [0, 0.05) is 25.2 Å². The number of alkyl halides is 2. The molecule has 3 aromatic rings. The van der Waals surface area contributed by atoms with Gasteiger partial charge in [-0.3, -0.25) is 10.3 Å². The molecule has 11 heteroatoms. The lowest BCUT2D eigenvalue weighted by molar-refractivity contribution is 0.112. The molecule has 1 aliphatic carbocycles. The summed E-state index contributed by atoms with van der Waals surface area (Å²) in [6.45, 7) is -0.419. The van der Waals surface area contributed by atoms with Crippen LogP contribution in [0.25, 0.3) is 11.1 Å². The van der Waals surface area contributed by atoms with E-state index in [-0.39, 0.29) is 17.1 Å². The van der Waals surface area contributed by atoms with E-state index in [1.807, 2.05) is 0 Å². The number of urea groups is 1. The number of nitrogens with one attached hydrogen (secondary N) is 1. The van der Waals surface area contributed by atoms with E-state index >= 15 is 0 Å². The van der Waals surface area contributed by atoms with Crippen LogP contribution in [0, 0.1) is 18.2 Å². The lowest BCUT2D eigenvalue weighted by Gasteiger charge is -2.26. The number of hydrogen-bond donors (Lipinski definition) is 2. The van der Waals surface area contributed by atoms with Crippen molar-refractivity contribution < 1.29 is 23.1 Å². The molecule has 1 aromatic carbocycles. The van der Waals surface area contributed by atoms with Crippen molar-refractivity contribution in [3.8, 4) is 23.5 Å². The lowest BCUT2D eigenvalue weighted by Crippen LogP contribution is -2.36. The molecule has 2 atom stereocenters. The van der Waals surface area contributed by atoms with E-state index in [1.165, 1.54) is 30.3 Å². The van der Waals surface area contributed by atoms with Crippen molar-refractivity contribution in [2.24, 2.45) is 0 Å². The topological polar surface area (TPSA) is 91.2 Å². The molecule has 1 fully saturated rings. The molecule has 0 bridgehead atoms. The smallest absolute Gasteiger partial charge is 0.324 e. The molecule has 0 aliphatic heterocycles. The summed E-state index contributed by atoms with van der Waals surface area (Å²) in [6.07, 6.45) is 6.37. The van der Waals surface area contributed by atoms with Crippen LogP contribution in [0.15, 0.2) is 36.5 Å². The molecule has 2 amide bonds. The predicted molar refractivity (Wildman–Crippen MR) is 116 cm³/mol. The fourth-order valence-electron chi connectivity index (χ4n) is 3.46. The Morgan fingerprint density at radius 1 is 1.39 bits per heavy atom. The zero-order valence-electron chi connectivity index (χ0n) is 17.3. The molecule has 170 valence electrons. The van der Waals surface area contributed by atoms with Crippen LogP contribution in [-0.2, 0) is 0 Å². The first-order valence-electron chi connectivity index (χ1n) is 9.82. The molecule has 1 aliphatic rings. The average Bonchev–Trinajstić information content (AvgIpc) is 3.21. The number of aliphatic hydroxyl groups excluding tert-OH is 1. The fourth-order valence-corrected chi connectivity index (χ4v) is 4.01. The van der Waals surface area contributed by atoms with Crippen LogP contribution >= 0.6 is 11.3 Å². The summed E-state index contributed by atoms with van der Waals surface area (Å²) in [7, 11) is 1.47. The van der Waals surface area contributed by atoms with Crippen molar-refractivity contribution in [2.75, 3.05) is 19.0 Å². The van der Waals surface area contributed by atoms with Crippen molar-refractivity contribution >= 4 is 22.5 Å². The first-order valence-corrected chi connectivity index (χ1v) is 10.6. The van der Waals surface area contributed by atoms with Crippen LogP contribution in [0.3, 0.4) is 0 Å². The van der Waals surface area contributed by atoms with Crippen LogP contribution in [0.5, 0.6) is 0 Å². The summed E-state index contributed by atoms with van der Waals surface area (Å²) in [4.78, 5) is 18.1. The van der Waals surface area contributed by atoms with Gasteiger partial charge in [0.1, 0.15) is 5.82 Å². The molecule has 0 spiro atoms. The van der Waals surface area contributed by atoms with Crippen LogP contribution < -0.4 is 5.32 Å². The number of pyridine rings is 1. The Labute approximate surface area is 191 Å². The van der Waals surface area contributed by atoms with Gasteiger partial charge in [0.15, 0.2) is 5.01 Å². The van der Waals surface area contributed by atoms with E-state index in [4.69, 9.17) is 6.42 Å². The number of likely N-dealkylation sites (N-methyl/N-ethyl adjacent to an activating group) is 1. The van der Waals surface area contributed by atoms with Gasteiger partial charge in [-0.05, 0) is 35.2 Å². The van der Waals surface area contributed by atoms with Crippen LogP contribution in [-0.4, -0.2) is 50.8 Å². The fraction of sp³-hybridized carbons (Fsp3) is 0.273. The minimum atomic E-state index is -2.85. The number of benzene rings is 1. The Bertz CT molecular complexity index is 1230. The normalized spacial score (nSPS) is 17.2. The van der Waals surface area contributed by atoms with Gasteiger partial charge in [0.05, 0.1) is 24.3 Å². The Hall–Kier alpha value is -3.49. The zero-order valence-corrected chi connectivity index (χ0v) is 18.1. The Kier molecular flexibility index (Phi) is 6.05. The quantitative estimate of drug-likeness (QED) is 0.528. The maximum atomic E-state index is 13.7. The molecular formula is C22H18F3N5O2S. The number of terminal acetylenes is 1. The second kappa shape index (κ2) is 8.80. The van der Waals surface area contributed by atoms with Crippen molar-refractivity contribution in [1.82, 2.24) is 20.1 Å². The van der Waals surface area contributed by atoms with Gasteiger partial charge in [-0.25, -0.2) is 18.0 Å². The van der Waals surface area contributed by atoms with E-state index in [1.54, 1.807) is 12.1 Å². The van der Waals surface area contributed by atoms with Crippen LogP contribution in [0.2, 0.25) is 0 Å². The van der Waals surface area contributed by atoms with Crippen molar-refractivity contribution in [3.63, 3.8) is 0 Å². The van der Waals surface area contributed by atoms with E-state index in [0.717, 1.165) is 17.4 Å². The highest BCUT2D eigenvalue weighted by molar-refractivity contribution is 7.15. The van der Waals surface area contributed by atoms with Gasteiger partial charge in [-0.2, -0.15) is 0 Å². The monoisotopic (exact) mass is 473 g/mol. The summed E-state index contributed by atoms with van der Waals surface area (Å²) in [5.74, 6) is -2.14. The predicted octanol–water partition coefficient (Wildman–Crippen LogP) is 4.04. The zero-order chi connectivity index (χ0) is 23.8. The van der Waals surface area contributed by atoms with Crippen molar-refractivity contribution in [2.45, 2.75) is 24.3 Å². The summed E-state index contributed by atoms with van der Waals surface area (Å²) in [5.41, 5.74) is 1.59. The number of halogens is 3. The molecule has 2 aromatic heterocycles. The second-order valence-electron chi connectivity index (χ2n) is 7.52. The highest BCUT2D eigenvalue weighted by Gasteiger charge is 2.58. The minimum absolute atomic E-state index is 0.209. The number of carbonyl (C=O) groups is 1. The van der Waals surface area contributed by atoms with Gasteiger partial charge in [-0.1, -0.05) is 23.5 Å². The highest BCUT2D eigenvalue weighted by atomic mass is 32.1. The van der Waals surface area contributed by atoms with E-state index in [2.05, 4.69) is 26.4 Å². The Morgan fingerprint density at radius 3 is 2.73 bits per heavy atom. The third-order valence-electron chi connectivity index (χ3n) is 5.38. The molecule has 2 heterocycles. The number of aliphatic hydroxyl groups is 1. The average molecular weight is 473 g/mol. The van der Waals surface area contributed by atoms with Gasteiger partial charge >= 0.3 is 6.03 Å². The molecule has 4 rings (SSSR count). The summed E-state index contributed by atoms with van der Waals surface area (Å²) < 4.78 is 41.0. The van der Waals surface area contributed by atoms with Gasteiger partial charge in [0.2, 0.25) is 5.13 Å². The first kappa shape index (κ1) is 22.7. The van der Waals surface area contributed by atoms with Crippen molar-refractivity contribution in [3.05, 3.63) is 58.6 Å². The third kappa shape index (κ3) is 4.67. The standard InChI is InChI=1S/C22H18F3N5O2S/c1-3-19-28-29-20(33-19)27-21(32)30(2)18(11-31)17-7-4-12(10-26-17)14-6-5-13(23)8-15(14)16-9-22(16,24)25/h1,4-8,10,16,18,31H,9,11H2,2H3,(H,27,29,32)/t16?,18-/m0/s1. The molecule has 0 radical (unpaired) electrons. The molecule has 1 saturated carbocycles. The van der Waals surface area contributed by atoms with Gasteiger partial charge in [-0.15, -0.1) is 16.6 Å². The van der Waals surface area contributed by atoms with Crippen molar-refractivity contribution in [1.29, 1.82) is 0 Å². The highest BCUT2D eigenvalue weighted by Crippen LogP contribution is 2.57. The number of rotatable bonds is 6. The van der Waals surface area contributed by atoms with E-state index < -0.39 is 36.3 Å². The van der Waals surface area contributed by atoms with Crippen LogP contribution in [0.4, 0.5) is 23.1 Å². The number of amides is 2. The first-order chi connectivity index (χ1) is 15.7. The number of hydrogen-bond acceptors (Lipinski definition) is 6. The maximum absolute atomic E-state index is 13.7. The lowest BCUT2D eigenvalue weighted by atomic mass is 9.97. The number of aromatic nitrogens is 3. The Balaban J connectivity index is 1.53. The minimum Gasteiger partial charge on any atom is -0.394 e. The Morgan fingerprint density at radius 2 is 2.15 bits per heavy atom. The maximum Gasteiger partial charge on any atom is 0.324 e. The van der Waals surface area contributed by atoms with Crippen LogP contribution in [0.1, 0.15) is 34.6 Å². The second-order valence-corrected chi connectivity index (χ2v) is 8.49.